The van der Waals surface area contributed by atoms with E-state index in [4.69, 9.17) is 11.6 Å². The minimum absolute atomic E-state index is 0.0245. The second-order valence-electron chi connectivity index (χ2n) is 3.55. The van der Waals surface area contributed by atoms with Crippen molar-refractivity contribution in [3.05, 3.63) is 44.8 Å². The van der Waals surface area contributed by atoms with E-state index in [1.807, 2.05) is 0 Å². The van der Waals surface area contributed by atoms with Crippen LogP contribution in [0.2, 0.25) is 5.02 Å². The molecule has 0 fully saturated rings. The molecule has 100 valence electrons. The number of benzene rings is 1. The van der Waals surface area contributed by atoms with Gasteiger partial charge in [0.1, 0.15) is 5.76 Å². The minimum Gasteiger partial charge on any atom is -0.510 e. The number of rotatable bonds is 4. The molecule has 1 rings (SSSR count). The van der Waals surface area contributed by atoms with Crippen molar-refractivity contribution in [1.82, 2.24) is 0 Å². The van der Waals surface area contributed by atoms with E-state index >= 15 is 0 Å². The number of aliphatic hydroxyl groups excluding tert-OH is 1. The number of azo groups is 1. The topological polar surface area (TPSA) is 105 Å². The summed E-state index contributed by atoms with van der Waals surface area (Å²) >= 11 is 5.79. The van der Waals surface area contributed by atoms with Crippen molar-refractivity contribution in [2.24, 2.45) is 10.2 Å². The largest absolute Gasteiger partial charge is 0.510 e. The SMILES string of the molecule is CC(=O)/C(N=Nc1c(Cl)cccc1[N+](=O)[O-])=C(/C)O. The number of nitro groups is 1. The second kappa shape index (κ2) is 6.05. The van der Waals surface area contributed by atoms with Crippen molar-refractivity contribution in [3.8, 4) is 0 Å². The van der Waals surface area contributed by atoms with Gasteiger partial charge >= 0.3 is 0 Å². The Bertz CT molecular complexity index is 592. The van der Waals surface area contributed by atoms with Crippen molar-refractivity contribution in [1.29, 1.82) is 0 Å². The Labute approximate surface area is 113 Å². The molecule has 8 heteroatoms. The smallest absolute Gasteiger partial charge is 0.298 e. The summed E-state index contributed by atoms with van der Waals surface area (Å²) in [4.78, 5) is 21.3. The Morgan fingerprint density at radius 2 is 2.05 bits per heavy atom. The van der Waals surface area contributed by atoms with Gasteiger partial charge in [-0.2, -0.15) is 0 Å². The lowest BCUT2D eigenvalue weighted by molar-refractivity contribution is -0.384. The van der Waals surface area contributed by atoms with Crippen molar-refractivity contribution < 1.29 is 14.8 Å². The van der Waals surface area contributed by atoms with Crippen LogP contribution in [0.5, 0.6) is 0 Å². The number of hydrogen-bond donors (Lipinski definition) is 1. The fourth-order valence-electron chi connectivity index (χ4n) is 1.25. The maximum absolute atomic E-state index is 11.2. The van der Waals surface area contributed by atoms with Gasteiger partial charge in [-0.3, -0.25) is 14.9 Å². The number of carbonyl (C=O) groups excluding carboxylic acids is 1. The third-order valence-electron chi connectivity index (χ3n) is 2.09. The molecule has 1 aromatic rings. The molecule has 0 unspecified atom stereocenters. The van der Waals surface area contributed by atoms with E-state index in [9.17, 15) is 20.0 Å². The first-order valence-electron chi connectivity index (χ1n) is 5.10. The standard InChI is InChI=1S/C11H10ClN3O4/c1-6(16)10(7(2)17)13-14-11-8(12)4-3-5-9(11)15(18)19/h3-5,16H,1-2H3/b10-6+,14-13?. The van der Waals surface area contributed by atoms with Crippen LogP contribution in [0.3, 0.4) is 0 Å². The lowest BCUT2D eigenvalue weighted by atomic mass is 10.3. The minimum atomic E-state index is -0.664. The van der Waals surface area contributed by atoms with Crippen LogP contribution in [0.15, 0.2) is 39.9 Å². The van der Waals surface area contributed by atoms with Crippen molar-refractivity contribution in [3.63, 3.8) is 0 Å². The summed E-state index contributed by atoms with van der Waals surface area (Å²) in [5.74, 6) is -0.843. The van der Waals surface area contributed by atoms with E-state index in [1.165, 1.54) is 32.0 Å². The van der Waals surface area contributed by atoms with Gasteiger partial charge in [-0.1, -0.05) is 17.7 Å². The predicted octanol–water partition coefficient (Wildman–Crippen LogP) is 3.71. The summed E-state index contributed by atoms with van der Waals surface area (Å²) < 4.78 is 0. The van der Waals surface area contributed by atoms with Gasteiger partial charge in [-0.25, -0.2) is 0 Å². The summed E-state index contributed by atoms with van der Waals surface area (Å²) in [5.41, 5.74) is -0.793. The van der Waals surface area contributed by atoms with E-state index in [-0.39, 0.29) is 27.9 Å². The number of ketones is 1. The van der Waals surface area contributed by atoms with E-state index in [0.29, 0.717) is 0 Å². The van der Waals surface area contributed by atoms with Gasteiger partial charge in [0.2, 0.25) is 0 Å². The zero-order valence-corrected chi connectivity index (χ0v) is 10.9. The van der Waals surface area contributed by atoms with Crippen molar-refractivity contribution >= 4 is 28.8 Å². The van der Waals surface area contributed by atoms with Gasteiger partial charge in [0.15, 0.2) is 17.2 Å². The molecule has 1 aromatic carbocycles. The molecule has 19 heavy (non-hydrogen) atoms. The van der Waals surface area contributed by atoms with Gasteiger partial charge in [0.25, 0.3) is 5.69 Å². The van der Waals surface area contributed by atoms with Gasteiger partial charge in [0.05, 0.1) is 9.95 Å². The van der Waals surface area contributed by atoms with E-state index in [0.717, 1.165) is 0 Å². The molecule has 0 aromatic heterocycles. The first-order chi connectivity index (χ1) is 8.84. The zero-order valence-electron chi connectivity index (χ0n) is 10.1. The summed E-state index contributed by atoms with van der Waals surface area (Å²) in [6, 6.07) is 4.02. The Balaban J connectivity index is 3.30. The molecule has 0 aliphatic carbocycles. The Hall–Kier alpha value is -2.28. The fraction of sp³-hybridized carbons (Fsp3) is 0.182. The summed E-state index contributed by atoms with van der Waals surface area (Å²) in [5, 5.41) is 27.2. The maximum atomic E-state index is 11.2. The number of hydrogen-bond acceptors (Lipinski definition) is 6. The summed E-state index contributed by atoms with van der Waals surface area (Å²) in [6.45, 7) is 2.45. The van der Waals surface area contributed by atoms with E-state index in [1.54, 1.807) is 0 Å². The molecule has 0 saturated carbocycles. The van der Waals surface area contributed by atoms with Gasteiger partial charge in [-0.05, 0) is 13.0 Å². The molecular weight excluding hydrogens is 274 g/mol. The van der Waals surface area contributed by atoms with Crippen LogP contribution in [0, 0.1) is 10.1 Å². The van der Waals surface area contributed by atoms with Gasteiger partial charge in [0, 0.05) is 13.0 Å². The number of halogens is 1. The quantitative estimate of drug-likeness (QED) is 0.299. The highest BCUT2D eigenvalue weighted by Crippen LogP contribution is 2.35. The fourth-order valence-corrected chi connectivity index (χ4v) is 1.46. The molecule has 0 atom stereocenters. The third kappa shape index (κ3) is 3.59. The molecule has 0 bridgehead atoms. The van der Waals surface area contributed by atoms with Crippen LogP contribution in [0.25, 0.3) is 0 Å². The highest BCUT2D eigenvalue weighted by molar-refractivity contribution is 6.33. The highest BCUT2D eigenvalue weighted by atomic mass is 35.5. The van der Waals surface area contributed by atoms with Crippen LogP contribution in [0.1, 0.15) is 13.8 Å². The molecule has 0 heterocycles. The Morgan fingerprint density at radius 1 is 1.42 bits per heavy atom. The van der Waals surface area contributed by atoms with E-state index < -0.39 is 10.7 Å². The number of Topliss-reactive ketones (excluding diaryl/α,β-unsaturated/α-hetero) is 1. The Morgan fingerprint density at radius 3 is 2.53 bits per heavy atom. The predicted molar refractivity (Wildman–Crippen MR) is 68.6 cm³/mol. The first-order valence-corrected chi connectivity index (χ1v) is 5.47. The summed E-state index contributed by atoms with van der Waals surface area (Å²) in [7, 11) is 0. The molecule has 0 radical (unpaired) electrons. The van der Waals surface area contributed by atoms with Gasteiger partial charge in [-0.15, -0.1) is 10.2 Å². The molecule has 7 nitrogen and oxygen atoms in total. The van der Waals surface area contributed by atoms with E-state index in [2.05, 4.69) is 10.2 Å². The van der Waals surface area contributed by atoms with Crippen LogP contribution >= 0.6 is 11.6 Å². The third-order valence-corrected chi connectivity index (χ3v) is 2.39. The zero-order chi connectivity index (χ0) is 14.6. The molecule has 1 N–H and O–H groups in total. The van der Waals surface area contributed by atoms with Gasteiger partial charge < -0.3 is 5.11 Å². The van der Waals surface area contributed by atoms with Crippen LogP contribution in [-0.4, -0.2) is 15.8 Å². The number of allylic oxidation sites excluding steroid dienone is 2. The molecular formula is C11H10ClN3O4. The average Bonchev–Trinajstić information content (AvgIpc) is 2.29. The molecule has 0 aliphatic heterocycles. The average molecular weight is 284 g/mol. The van der Waals surface area contributed by atoms with Crippen LogP contribution in [-0.2, 0) is 4.79 Å². The van der Waals surface area contributed by atoms with Crippen LogP contribution < -0.4 is 0 Å². The maximum Gasteiger partial charge on any atom is 0.298 e. The molecule has 0 aliphatic rings. The normalized spacial score (nSPS) is 12.4. The van der Waals surface area contributed by atoms with Crippen LogP contribution in [0.4, 0.5) is 11.4 Å². The number of carbonyl (C=O) groups is 1. The number of nitro benzene ring substituents is 1. The Kier molecular flexibility index (Phi) is 4.71. The monoisotopic (exact) mass is 283 g/mol. The summed E-state index contributed by atoms with van der Waals surface area (Å²) in [6.07, 6.45) is 0. The lowest BCUT2D eigenvalue weighted by Crippen LogP contribution is -1.96. The van der Waals surface area contributed by atoms with Crippen molar-refractivity contribution in [2.75, 3.05) is 0 Å². The molecule has 0 amide bonds. The molecule has 0 spiro atoms. The second-order valence-corrected chi connectivity index (χ2v) is 3.96. The van der Waals surface area contributed by atoms with Crippen molar-refractivity contribution in [2.45, 2.75) is 13.8 Å². The molecule has 0 saturated heterocycles. The number of nitrogens with zero attached hydrogens (tertiary/aromatic N) is 3. The number of aliphatic hydroxyl groups is 1. The highest BCUT2D eigenvalue weighted by Gasteiger charge is 2.17. The lowest BCUT2D eigenvalue weighted by Gasteiger charge is -2.00. The first kappa shape index (κ1) is 14.8.